The van der Waals surface area contributed by atoms with Gasteiger partial charge >= 0.3 is 0 Å². The van der Waals surface area contributed by atoms with E-state index in [0.29, 0.717) is 10.5 Å². The van der Waals surface area contributed by atoms with Crippen LogP contribution in [-0.4, -0.2) is 25.8 Å². The van der Waals surface area contributed by atoms with Gasteiger partial charge in [-0.1, -0.05) is 26.0 Å². The molecule has 1 aromatic rings. The van der Waals surface area contributed by atoms with E-state index in [1.807, 2.05) is 6.07 Å². The molecule has 0 radical (unpaired) electrons. The molecule has 1 rings (SSSR count). The highest BCUT2D eigenvalue weighted by Crippen LogP contribution is 2.22. The van der Waals surface area contributed by atoms with Gasteiger partial charge in [0.1, 0.15) is 5.82 Å². The van der Waals surface area contributed by atoms with Crippen LogP contribution in [0.5, 0.6) is 0 Å². The van der Waals surface area contributed by atoms with Crippen molar-refractivity contribution in [1.29, 1.82) is 0 Å². The normalized spacial score (nSPS) is 12.6. The molecule has 0 saturated carbocycles. The van der Waals surface area contributed by atoms with Gasteiger partial charge in [0.2, 0.25) is 0 Å². The van der Waals surface area contributed by atoms with E-state index in [2.05, 4.69) is 35.1 Å². The summed E-state index contributed by atoms with van der Waals surface area (Å²) in [6.07, 6.45) is 2.79. The van der Waals surface area contributed by atoms with Gasteiger partial charge in [-0.2, -0.15) is 0 Å². The summed E-state index contributed by atoms with van der Waals surface area (Å²) in [6.45, 7) is 6.65. The maximum Gasteiger partial charge on any atom is 0.137 e. The number of hydrogen-bond donors (Lipinski definition) is 1. The predicted octanol–water partition coefficient (Wildman–Crippen LogP) is 3.93. The van der Waals surface area contributed by atoms with Gasteiger partial charge in [-0.3, -0.25) is 0 Å². The summed E-state index contributed by atoms with van der Waals surface area (Å²) in [4.78, 5) is 0. The number of hydrogen-bond acceptors (Lipinski definition) is 2. The van der Waals surface area contributed by atoms with E-state index in [4.69, 9.17) is 4.74 Å². The molecule has 0 aliphatic rings. The minimum absolute atomic E-state index is 0.199. The fourth-order valence-corrected chi connectivity index (χ4v) is 2.43. The van der Waals surface area contributed by atoms with Gasteiger partial charge in [-0.25, -0.2) is 4.39 Å². The summed E-state index contributed by atoms with van der Waals surface area (Å²) >= 11 is 3.32. The van der Waals surface area contributed by atoms with Crippen molar-refractivity contribution in [3.8, 4) is 0 Å². The van der Waals surface area contributed by atoms with Crippen molar-refractivity contribution < 1.29 is 9.13 Å². The number of halogens is 2. The summed E-state index contributed by atoms with van der Waals surface area (Å²) in [5.41, 5.74) is 1.00. The molecule has 19 heavy (non-hydrogen) atoms. The van der Waals surface area contributed by atoms with Gasteiger partial charge in [-0.05, 0) is 53.4 Å². The zero-order valence-corrected chi connectivity index (χ0v) is 13.3. The lowest BCUT2D eigenvalue weighted by molar-refractivity contribution is 0.124. The average molecular weight is 332 g/mol. The van der Waals surface area contributed by atoms with Crippen molar-refractivity contribution in [2.24, 2.45) is 0 Å². The first-order valence-electron chi connectivity index (χ1n) is 6.93. The zero-order chi connectivity index (χ0) is 14.1. The molecule has 108 valence electrons. The Morgan fingerprint density at radius 1 is 1.32 bits per heavy atom. The molecule has 0 aliphatic carbocycles. The molecule has 0 aromatic heterocycles. The highest BCUT2D eigenvalue weighted by atomic mass is 79.9. The summed E-state index contributed by atoms with van der Waals surface area (Å²) in [6, 6.07) is 5.51. The monoisotopic (exact) mass is 331 g/mol. The first kappa shape index (κ1) is 16.6. The smallest absolute Gasteiger partial charge is 0.137 e. The molecule has 1 atom stereocenters. The van der Waals surface area contributed by atoms with Gasteiger partial charge in [0.15, 0.2) is 0 Å². The third-order valence-corrected chi connectivity index (χ3v) is 3.84. The Bertz CT molecular complexity index is 373. The van der Waals surface area contributed by atoms with Gasteiger partial charge in [-0.15, -0.1) is 0 Å². The third-order valence-electron chi connectivity index (χ3n) is 2.95. The van der Waals surface area contributed by atoms with Crippen molar-refractivity contribution in [1.82, 2.24) is 5.32 Å². The van der Waals surface area contributed by atoms with Gasteiger partial charge < -0.3 is 10.1 Å². The van der Waals surface area contributed by atoms with Crippen LogP contribution in [0.3, 0.4) is 0 Å². The average Bonchev–Trinajstić information content (AvgIpc) is 2.40. The quantitative estimate of drug-likeness (QED) is 0.692. The van der Waals surface area contributed by atoms with Gasteiger partial charge in [0.25, 0.3) is 0 Å². The highest BCUT2D eigenvalue weighted by Gasteiger charge is 2.12. The van der Waals surface area contributed by atoms with Crippen LogP contribution in [0.1, 0.15) is 32.3 Å². The Labute approximate surface area is 123 Å². The van der Waals surface area contributed by atoms with E-state index in [1.54, 1.807) is 6.07 Å². The molecule has 4 heteroatoms. The lowest BCUT2D eigenvalue weighted by atomic mass is 10.0. The van der Waals surface area contributed by atoms with Crippen molar-refractivity contribution in [3.05, 3.63) is 34.1 Å². The van der Waals surface area contributed by atoms with Gasteiger partial charge in [0, 0.05) is 19.3 Å². The number of rotatable bonds is 9. The Kier molecular flexibility index (Phi) is 8.26. The van der Waals surface area contributed by atoms with Crippen LogP contribution >= 0.6 is 15.9 Å². The number of nitrogens with one attached hydrogen (secondary N) is 1. The third kappa shape index (κ3) is 6.02. The topological polar surface area (TPSA) is 21.3 Å². The summed E-state index contributed by atoms with van der Waals surface area (Å²) in [5.74, 6) is -0.199. The van der Waals surface area contributed by atoms with Crippen molar-refractivity contribution in [3.63, 3.8) is 0 Å². The summed E-state index contributed by atoms with van der Waals surface area (Å²) in [5, 5.41) is 3.43. The van der Waals surface area contributed by atoms with Crippen LogP contribution in [0.15, 0.2) is 22.7 Å². The molecule has 0 saturated heterocycles. The van der Waals surface area contributed by atoms with Crippen LogP contribution in [0.25, 0.3) is 0 Å². The van der Waals surface area contributed by atoms with E-state index in [0.717, 1.165) is 44.6 Å². The maximum atomic E-state index is 13.5. The second-order valence-electron chi connectivity index (χ2n) is 4.57. The Morgan fingerprint density at radius 2 is 2.11 bits per heavy atom. The van der Waals surface area contributed by atoms with E-state index in [1.165, 1.54) is 6.07 Å². The highest BCUT2D eigenvalue weighted by molar-refractivity contribution is 9.10. The summed E-state index contributed by atoms with van der Waals surface area (Å²) < 4.78 is 19.6. The van der Waals surface area contributed by atoms with Crippen molar-refractivity contribution in [2.45, 2.75) is 39.2 Å². The summed E-state index contributed by atoms with van der Waals surface area (Å²) in [7, 11) is 0. The predicted molar refractivity (Wildman–Crippen MR) is 81.0 cm³/mol. The van der Waals surface area contributed by atoms with Crippen LogP contribution in [-0.2, 0) is 11.2 Å². The van der Waals surface area contributed by atoms with E-state index in [9.17, 15) is 4.39 Å². The second-order valence-corrected chi connectivity index (χ2v) is 5.37. The second kappa shape index (κ2) is 9.45. The van der Waals surface area contributed by atoms with Crippen LogP contribution in [0.4, 0.5) is 4.39 Å². The lowest BCUT2D eigenvalue weighted by Crippen LogP contribution is -2.32. The molecular weight excluding hydrogens is 309 g/mol. The maximum absolute atomic E-state index is 13.5. The van der Waals surface area contributed by atoms with Crippen molar-refractivity contribution in [2.75, 3.05) is 19.8 Å². The first-order valence-corrected chi connectivity index (χ1v) is 7.72. The van der Waals surface area contributed by atoms with Crippen LogP contribution in [0.2, 0.25) is 0 Å². The van der Waals surface area contributed by atoms with E-state index >= 15 is 0 Å². The molecule has 0 heterocycles. The minimum atomic E-state index is -0.199. The molecule has 0 aliphatic heterocycles. The Hall–Kier alpha value is -0.450. The molecular formula is C15H23BrFNO. The largest absolute Gasteiger partial charge is 0.381 e. The minimum Gasteiger partial charge on any atom is -0.381 e. The molecule has 0 fully saturated rings. The van der Waals surface area contributed by atoms with E-state index < -0.39 is 0 Å². The van der Waals surface area contributed by atoms with Crippen LogP contribution in [0, 0.1) is 5.82 Å². The molecule has 2 nitrogen and oxygen atoms in total. The molecule has 0 bridgehead atoms. The molecule has 0 spiro atoms. The standard InChI is InChI=1S/C15H23BrFNO/c1-3-9-19-10-8-13(18-4-2)11-12-6-5-7-14(17)15(12)16/h5-7,13,18H,3-4,8-11H2,1-2H3. The Balaban J connectivity index is 2.54. The van der Waals surface area contributed by atoms with Crippen LogP contribution < -0.4 is 5.32 Å². The van der Waals surface area contributed by atoms with Gasteiger partial charge in [0.05, 0.1) is 4.47 Å². The fourth-order valence-electron chi connectivity index (χ4n) is 2.01. The zero-order valence-electron chi connectivity index (χ0n) is 11.7. The lowest BCUT2D eigenvalue weighted by Gasteiger charge is -2.19. The molecule has 1 aromatic carbocycles. The fraction of sp³-hybridized carbons (Fsp3) is 0.600. The molecule has 1 unspecified atom stereocenters. The Morgan fingerprint density at radius 3 is 2.79 bits per heavy atom. The SMILES string of the molecule is CCCOCCC(Cc1cccc(F)c1Br)NCC. The number of likely N-dealkylation sites (N-methyl/N-ethyl adjacent to an activating group) is 1. The van der Waals surface area contributed by atoms with E-state index in [-0.39, 0.29) is 5.82 Å². The number of ether oxygens (including phenoxy) is 1. The number of benzene rings is 1. The molecule has 1 N–H and O–H groups in total. The first-order chi connectivity index (χ1) is 9.19. The van der Waals surface area contributed by atoms with Crippen molar-refractivity contribution >= 4 is 15.9 Å². The molecule has 0 amide bonds.